The zero-order chi connectivity index (χ0) is 16.1. The Bertz CT molecular complexity index is 816. The summed E-state index contributed by atoms with van der Waals surface area (Å²) in [5.74, 6) is -0.907. The number of aromatic carboxylic acids is 1. The fraction of sp³-hybridized carbons (Fsp3) is 0.105. The van der Waals surface area contributed by atoms with Crippen molar-refractivity contribution < 1.29 is 14.5 Å². The van der Waals surface area contributed by atoms with Gasteiger partial charge < -0.3 is 5.11 Å². The fourth-order valence-electron chi connectivity index (χ4n) is 2.52. The van der Waals surface area contributed by atoms with Crippen LogP contribution in [-0.4, -0.2) is 16.1 Å². The van der Waals surface area contributed by atoms with Crippen molar-refractivity contribution >= 4 is 5.97 Å². The largest absolute Gasteiger partial charge is 0.478 e. The third-order valence-electron chi connectivity index (χ3n) is 3.68. The molecule has 0 aliphatic carbocycles. The second kappa shape index (κ2) is 6.83. The second-order valence-corrected chi connectivity index (χ2v) is 5.36. The van der Waals surface area contributed by atoms with Gasteiger partial charge in [-0.2, -0.15) is 4.57 Å². The van der Waals surface area contributed by atoms with E-state index in [0.29, 0.717) is 12.0 Å². The Hall–Kier alpha value is -3.01. The minimum Gasteiger partial charge on any atom is -0.478 e. The molecular formula is C19H17N2O2+. The van der Waals surface area contributed by atoms with Crippen molar-refractivity contribution in [2.24, 2.45) is 0 Å². The van der Waals surface area contributed by atoms with Gasteiger partial charge in [0.05, 0.1) is 24.4 Å². The average molecular weight is 305 g/mol. The van der Waals surface area contributed by atoms with Gasteiger partial charge in [-0.05, 0) is 17.7 Å². The molecule has 1 aromatic heterocycles. The molecule has 0 bridgehead atoms. The lowest BCUT2D eigenvalue weighted by molar-refractivity contribution is -0.695. The number of rotatable bonds is 5. The van der Waals surface area contributed by atoms with Gasteiger partial charge in [-0.25, -0.2) is 4.79 Å². The Morgan fingerprint density at radius 1 is 1.04 bits per heavy atom. The molecule has 2 aromatic carbocycles. The van der Waals surface area contributed by atoms with Gasteiger partial charge in [0, 0.05) is 5.56 Å². The lowest BCUT2D eigenvalue weighted by Crippen LogP contribution is -2.38. The summed E-state index contributed by atoms with van der Waals surface area (Å²) in [6.07, 6.45) is 6.18. The van der Waals surface area contributed by atoms with Gasteiger partial charge in [-0.3, -0.25) is 4.98 Å². The van der Waals surface area contributed by atoms with Crippen molar-refractivity contribution in [2.45, 2.75) is 13.0 Å². The van der Waals surface area contributed by atoms with E-state index in [1.54, 1.807) is 24.4 Å². The third kappa shape index (κ3) is 3.80. The van der Waals surface area contributed by atoms with Crippen LogP contribution in [0, 0.1) is 0 Å². The first-order chi connectivity index (χ1) is 11.2. The Morgan fingerprint density at radius 3 is 2.61 bits per heavy atom. The number of aromatic nitrogens is 2. The van der Waals surface area contributed by atoms with Crippen LogP contribution in [0.2, 0.25) is 0 Å². The van der Waals surface area contributed by atoms with Crippen LogP contribution in [0.4, 0.5) is 0 Å². The highest BCUT2D eigenvalue weighted by Crippen LogP contribution is 2.09. The molecule has 4 nitrogen and oxygen atoms in total. The smallest absolute Gasteiger partial charge is 0.335 e. The van der Waals surface area contributed by atoms with Crippen LogP contribution < -0.4 is 4.57 Å². The summed E-state index contributed by atoms with van der Waals surface area (Å²) in [5, 5.41) is 9.11. The molecule has 1 N–H and O–H groups in total. The Kier molecular flexibility index (Phi) is 4.43. The van der Waals surface area contributed by atoms with Gasteiger partial charge in [-0.1, -0.05) is 42.5 Å². The van der Waals surface area contributed by atoms with Crippen LogP contribution in [0.15, 0.2) is 73.2 Å². The van der Waals surface area contributed by atoms with Crippen LogP contribution in [0.25, 0.3) is 0 Å². The molecule has 0 aliphatic rings. The molecule has 4 heteroatoms. The van der Waals surface area contributed by atoms with Gasteiger partial charge in [-0.15, -0.1) is 0 Å². The van der Waals surface area contributed by atoms with E-state index < -0.39 is 5.97 Å². The molecule has 23 heavy (non-hydrogen) atoms. The van der Waals surface area contributed by atoms with Crippen molar-refractivity contribution in [3.63, 3.8) is 0 Å². The predicted octanol–water partition coefficient (Wildman–Crippen LogP) is 2.71. The normalized spacial score (nSPS) is 10.4. The Labute approximate surface area is 134 Å². The molecule has 0 aliphatic heterocycles. The average Bonchev–Trinajstić information content (AvgIpc) is 2.58. The molecular weight excluding hydrogens is 288 g/mol. The highest BCUT2D eigenvalue weighted by atomic mass is 16.4. The zero-order valence-corrected chi connectivity index (χ0v) is 12.6. The molecule has 0 atom stereocenters. The van der Waals surface area contributed by atoms with E-state index in [0.717, 1.165) is 17.8 Å². The summed E-state index contributed by atoms with van der Waals surface area (Å²) in [4.78, 5) is 15.3. The van der Waals surface area contributed by atoms with Crippen molar-refractivity contribution in [3.05, 3.63) is 95.6 Å². The maximum Gasteiger partial charge on any atom is 0.335 e. The van der Waals surface area contributed by atoms with E-state index in [1.165, 1.54) is 5.56 Å². The van der Waals surface area contributed by atoms with Crippen LogP contribution in [0.3, 0.4) is 0 Å². The Morgan fingerprint density at radius 2 is 1.83 bits per heavy atom. The van der Waals surface area contributed by atoms with E-state index >= 15 is 0 Å². The number of hydrogen-bond acceptors (Lipinski definition) is 2. The quantitative estimate of drug-likeness (QED) is 0.737. The van der Waals surface area contributed by atoms with E-state index in [1.807, 2.05) is 36.7 Å². The third-order valence-corrected chi connectivity index (χ3v) is 3.68. The minimum absolute atomic E-state index is 0.306. The monoisotopic (exact) mass is 305 g/mol. The molecule has 0 unspecified atom stereocenters. The van der Waals surface area contributed by atoms with Crippen molar-refractivity contribution in [2.75, 3.05) is 0 Å². The molecule has 3 rings (SSSR count). The standard InChI is InChI=1S/C19H16N2O2/c22-19(23)17-8-4-7-16(11-17)12-18-13-20-9-10-21(18)14-15-5-2-1-3-6-15/h1-11,13H,12,14H2/p+1. The number of benzene rings is 2. The molecule has 0 saturated heterocycles. The van der Waals surface area contributed by atoms with E-state index in [-0.39, 0.29) is 0 Å². The van der Waals surface area contributed by atoms with Crippen LogP contribution in [0.5, 0.6) is 0 Å². The second-order valence-electron chi connectivity index (χ2n) is 5.36. The maximum absolute atomic E-state index is 11.1. The number of carboxylic acid groups (broad SMARTS) is 1. The number of nitrogens with zero attached hydrogens (tertiary/aromatic N) is 2. The number of carbonyl (C=O) groups is 1. The molecule has 0 spiro atoms. The summed E-state index contributed by atoms with van der Waals surface area (Å²) in [6, 6.07) is 17.2. The van der Waals surface area contributed by atoms with Crippen LogP contribution in [0.1, 0.15) is 27.2 Å². The fourth-order valence-corrected chi connectivity index (χ4v) is 2.52. The zero-order valence-electron chi connectivity index (χ0n) is 12.6. The molecule has 0 radical (unpaired) electrons. The molecule has 114 valence electrons. The maximum atomic E-state index is 11.1. The summed E-state index contributed by atoms with van der Waals surface area (Å²) >= 11 is 0. The molecule has 0 fully saturated rings. The molecule has 0 amide bonds. The van der Waals surface area contributed by atoms with Crippen molar-refractivity contribution in [3.8, 4) is 0 Å². The molecule has 0 saturated carbocycles. The van der Waals surface area contributed by atoms with Gasteiger partial charge in [0.15, 0.2) is 12.7 Å². The van der Waals surface area contributed by atoms with Crippen molar-refractivity contribution in [1.82, 2.24) is 4.98 Å². The van der Waals surface area contributed by atoms with Crippen molar-refractivity contribution in [1.29, 1.82) is 0 Å². The molecule has 3 aromatic rings. The van der Waals surface area contributed by atoms with Crippen LogP contribution in [-0.2, 0) is 13.0 Å². The summed E-state index contributed by atoms with van der Waals surface area (Å²) in [6.45, 7) is 0.761. The van der Waals surface area contributed by atoms with Gasteiger partial charge in [0.1, 0.15) is 0 Å². The SMILES string of the molecule is O=C(O)c1cccc(Cc2cncc[n+]2Cc2ccccc2)c1. The van der Waals surface area contributed by atoms with E-state index in [2.05, 4.69) is 21.7 Å². The van der Waals surface area contributed by atoms with Gasteiger partial charge in [0.25, 0.3) is 0 Å². The first-order valence-electron chi connectivity index (χ1n) is 7.41. The lowest BCUT2D eigenvalue weighted by atomic mass is 10.1. The summed E-state index contributed by atoms with van der Waals surface area (Å²) < 4.78 is 2.13. The minimum atomic E-state index is -0.907. The van der Waals surface area contributed by atoms with E-state index in [9.17, 15) is 4.79 Å². The number of hydrogen-bond donors (Lipinski definition) is 1. The molecule has 1 heterocycles. The van der Waals surface area contributed by atoms with Gasteiger partial charge in [0.2, 0.25) is 5.69 Å². The van der Waals surface area contributed by atoms with Gasteiger partial charge >= 0.3 is 5.97 Å². The van der Waals surface area contributed by atoms with E-state index in [4.69, 9.17) is 5.11 Å². The number of carboxylic acids is 1. The summed E-state index contributed by atoms with van der Waals surface area (Å²) in [5.41, 5.74) is 3.52. The summed E-state index contributed by atoms with van der Waals surface area (Å²) in [7, 11) is 0. The first-order valence-corrected chi connectivity index (χ1v) is 7.41. The first kappa shape index (κ1) is 14.9. The van der Waals surface area contributed by atoms with Crippen LogP contribution >= 0.6 is 0 Å². The predicted molar refractivity (Wildman–Crippen MR) is 86.2 cm³/mol. The highest BCUT2D eigenvalue weighted by molar-refractivity contribution is 5.87. The highest BCUT2D eigenvalue weighted by Gasteiger charge is 2.13. The lowest BCUT2D eigenvalue weighted by Gasteiger charge is -2.05. The Balaban J connectivity index is 1.86. The topological polar surface area (TPSA) is 54.1 Å².